The van der Waals surface area contributed by atoms with E-state index in [-0.39, 0.29) is 18.2 Å². The number of carbonyl (C=O) groups excluding carboxylic acids is 2. The van der Waals surface area contributed by atoms with Gasteiger partial charge in [0.2, 0.25) is 0 Å². The summed E-state index contributed by atoms with van der Waals surface area (Å²) < 4.78 is 5.29. The highest BCUT2D eigenvalue weighted by Gasteiger charge is 2.30. The first-order chi connectivity index (χ1) is 8.19. The Labute approximate surface area is 108 Å². The van der Waals surface area contributed by atoms with Crippen molar-refractivity contribution in [3.8, 4) is 0 Å². The molecule has 1 fully saturated rings. The van der Waals surface area contributed by atoms with Crippen LogP contribution >= 0.6 is 0 Å². The molecule has 3 amide bonds. The molecule has 0 saturated carbocycles. The first kappa shape index (κ1) is 14.6. The summed E-state index contributed by atoms with van der Waals surface area (Å²) in [7, 11) is 3.38. The van der Waals surface area contributed by atoms with E-state index in [4.69, 9.17) is 4.74 Å². The van der Waals surface area contributed by atoms with Crippen LogP contribution in [0.4, 0.5) is 9.59 Å². The maximum Gasteiger partial charge on any atom is 0.410 e. The zero-order chi connectivity index (χ0) is 13.9. The molecule has 18 heavy (non-hydrogen) atoms. The van der Waals surface area contributed by atoms with E-state index < -0.39 is 5.60 Å². The number of urea groups is 1. The highest BCUT2D eigenvalue weighted by molar-refractivity contribution is 5.74. The van der Waals surface area contributed by atoms with Crippen LogP contribution in [-0.4, -0.2) is 60.8 Å². The molecule has 0 spiro atoms. The Morgan fingerprint density at radius 1 is 1.33 bits per heavy atom. The maximum atomic E-state index is 11.8. The number of hydrogen-bond donors (Lipinski definition) is 1. The fourth-order valence-corrected chi connectivity index (χ4v) is 1.67. The van der Waals surface area contributed by atoms with E-state index in [0.717, 1.165) is 6.42 Å². The monoisotopic (exact) mass is 257 g/mol. The second kappa shape index (κ2) is 5.46. The van der Waals surface area contributed by atoms with Crippen LogP contribution in [0, 0.1) is 0 Å². The van der Waals surface area contributed by atoms with Crippen molar-refractivity contribution < 1.29 is 14.3 Å². The molecule has 1 rings (SSSR count). The van der Waals surface area contributed by atoms with Crippen LogP contribution in [-0.2, 0) is 4.74 Å². The van der Waals surface area contributed by atoms with Gasteiger partial charge < -0.3 is 19.9 Å². The molecule has 0 aromatic heterocycles. The Morgan fingerprint density at radius 3 is 2.44 bits per heavy atom. The highest BCUT2D eigenvalue weighted by atomic mass is 16.6. The molecular formula is C12H23N3O3. The lowest BCUT2D eigenvalue weighted by Crippen LogP contribution is -2.43. The Balaban J connectivity index is 2.42. The summed E-state index contributed by atoms with van der Waals surface area (Å²) >= 11 is 0. The molecule has 1 aliphatic rings. The van der Waals surface area contributed by atoms with E-state index in [0.29, 0.717) is 13.1 Å². The van der Waals surface area contributed by atoms with Crippen molar-refractivity contribution in [1.29, 1.82) is 0 Å². The van der Waals surface area contributed by atoms with Crippen molar-refractivity contribution in [1.82, 2.24) is 15.1 Å². The maximum absolute atomic E-state index is 11.8. The average molecular weight is 257 g/mol. The predicted molar refractivity (Wildman–Crippen MR) is 68.4 cm³/mol. The predicted octanol–water partition coefficient (Wildman–Crippen LogP) is 1.27. The number of amides is 3. The molecule has 0 aromatic rings. The molecular weight excluding hydrogens is 234 g/mol. The number of carbonyl (C=O) groups is 2. The molecule has 0 aromatic carbocycles. The van der Waals surface area contributed by atoms with Crippen LogP contribution in [0.5, 0.6) is 0 Å². The van der Waals surface area contributed by atoms with Crippen LogP contribution in [0.15, 0.2) is 0 Å². The lowest BCUT2D eigenvalue weighted by molar-refractivity contribution is 0.0291. The van der Waals surface area contributed by atoms with Gasteiger partial charge in [0.1, 0.15) is 5.60 Å². The van der Waals surface area contributed by atoms with Crippen molar-refractivity contribution >= 4 is 12.1 Å². The normalized spacial score (nSPS) is 19.6. The Kier molecular flexibility index (Phi) is 4.43. The highest BCUT2D eigenvalue weighted by Crippen LogP contribution is 2.15. The van der Waals surface area contributed by atoms with Crippen LogP contribution < -0.4 is 5.32 Å². The Hall–Kier alpha value is -1.46. The van der Waals surface area contributed by atoms with E-state index in [1.807, 2.05) is 20.8 Å². The van der Waals surface area contributed by atoms with Gasteiger partial charge in [0.25, 0.3) is 0 Å². The standard InChI is InChI=1S/C12H23N3O3/c1-12(2,3)18-11(17)15-7-6-9(8-15)13-10(16)14(4)5/h9H,6-8H2,1-5H3,(H,13,16)/t9-/m0/s1. The van der Waals surface area contributed by atoms with Gasteiger partial charge in [0.15, 0.2) is 0 Å². The molecule has 0 radical (unpaired) electrons. The molecule has 0 aliphatic carbocycles. The number of ether oxygens (including phenoxy) is 1. The molecule has 6 nitrogen and oxygen atoms in total. The zero-order valence-corrected chi connectivity index (χ0v) is 11.8. The molecule has 1 aliphatic heterocycles. The second-order valence-corrected chi connectivity index (χ2v) is 5.76. The molecule has 104 valence electrons. The smallest absolute Gasteiger partial charge is 0.410 e. The minimum Gasteiger partial charge on any atom is -0.444 e. The molecule has 1 heterocycles. The minimum absolute atomic E-state index is 0.00687. The topological polar surface area (TPSA) is 61.9 Å². The second-order valence-electron chi connectivity index (χ2n) is 5.76. The molecule has 6 heteroatoms. The van der Waals surface area contributed by atoms with E-state index in [1.54, 1.807) is 19.0 Å². The molecule has 0 bridgehead atoms. The van der Waals surface area contributed by atoms with Crippen molar-refractivity contribution in [3.05, 3.63) is 0 Å². The summed E-state index contributed by atoms with van der Waals surface area (Å²) in [4.78, 5) is 26.4. The summed E-state index contributed by atoms with van der Waals surface area (Å²) in [5.41, 5.74) is -0.484. The van der Waals surface area contributed by atoms with Crippen LogP contribution in [0.25, 0.3) is 0 Å². The van der Waals surface area contributed by atoms with Crippen molar-refractivity contribution in [2.24, 2.45) is 0 Å². The number of nitrogens with one attached hydrogen (secondary N) is 1. The van der Waals surface area contributed by atoms with Gasteiger partial charge in [-0.2, -0.15) is 0 Å². The fraction of sp³-hybridized carbons (Fsp3) is 0.833. The average Bonchev–Trinajstić information content (AvgIpc) is 2.63. The number of hydrogen-bond acceptors (Lipinski definition) is 3. The lowest BCUT2D eigenvalue weighted by Gasteiger charge is -2.24. The van der Waals surface area contributed by atoms with Gasteiger partial charge in [-0.15, -0.1) is 0 Å². The van der Waals surface area contributed by atoms with Gasteiger partial charge in [-0.05, 0) is 27.2 Å². The fourth-order valence-electron chi connectivity index (χ4n) is 1.67. The zero-order valence-electron chi connectivity index (χ0n) is 11.8. The van der Waals surface area contributed by atoms with Crippen LogP contribution in [0.3, 0.4) is 0 Å². The first-order valence-electron chi connectivity index (χ1n) is 6.15. The summed E-state index contributed by atoms with van der Waals surface area (Å²) in [6.45, 7) is 6.65. The summed E-state index contributed by atoms with van der Waals surface area (Å²) in [6.07, 6.45) is 0.447. The van der Waals surface area contributed by atoms with Gasteiger partial charge in [-0.25, -0.2) is 9.59 Å². The number of likely N-dealkylation sites (tertiary alicyclic amines) is 1. The quantitative estimate of drug-likeness (QED) is 0.769. The van der Waals surface area contributed by atoms with Crippen LogP contribution in [0.1, 0.15) is 27.2 Å². The van der Waals surface area contributed by atoms with Crippen LogP contribution in [0.2, 0.25) is 0 Å². The Bertz CT molecular complexity index is 323. The Morgan fingerprint density at radius 2 is 1.94 bits per heavy atom. The van der Waals surface area contributed by atoms with E-state index in [9.17, 15) is 9.59 Å². The third-order valence-electron chi connectivity index (χ3n) is 2.57. The van der Waals surface area contributed by atoms with Crippen molar-refractivity contribution in [3.63, 3.8) is 0 Å². The van der Waals surface area contributed by atoms with Crippen molar-refractivity contribution in [2.75, 3.05) is 27.2 Å². The van der Waals surface area contributed by atoms with Gasteiger partial charge in [0, 0.05) is 33.2 Å². The van der Waals surface area contributed by atoms with Crippen molar-refractivity contribution in [2.45, 2.75) is 38.8 Å². The van der Waals surface area contributed by atoms with Gasteiger partial charge in [-0.1, -0.05) is 0 Å². The first-order valence-corrected chi connectivity index (χ1v) is 6.15. The molecule has 1 N–H and O–H groups in total. The SMILES string of the molecule is CN(C)C(=O)N[C@H]1CCN(C(=O)OC(C)(C)C)C1. The number of rotatable bonds is 1. The lowest BCUT2D eigenvalue weighted by atomic mass is 10.2. The van der Waals surface area contributed by atoms with Gasteiger partial charge in [0.05, 0.1) is 0 Å². The third kappa shape index (κ3) is 4.43. The third-order valence-corrected chi connectivity index (χ3v) is 2.57. The molecule has 1 atom stereocenters. The van der Waals surface area contributed by atoms with E-state index in [1.165, 1.54) is 4.90 Å². The number of nitrogens with zero attached hydrogens (tertiary/aromatic N) is 2. The van der Waals surface area contributed by atoms with Gasteiger partial charge >= 0.3 is 12.1 Å². The largest absolute Gasteiger partial charge is 0.444 e. The molecule has 0 unspecified atom stereocenters. The molecule has 1 saturated heterocycles. The summed E-state index contributed by atoms with van der Waals surface area (Å²) in [6, 6.07) is -0.126. The van der Waals surface area contributed by atoms with E-state index in [2.05, 4.69) is 5.32 Å². The van der Waals surface area contributed by atoms with Gasteiger partial charge in [-0.3, -0.25) is 0 Å². The summed E-state index contributed by atoms with van der Waals surface area (Å²) in [5.74, 6) is 0. The summed E-state index contributed by atoms with van der Waals surface area (Å²) in [5, 5.41) is 2.86. The van der Waals surface area contributed by atoms with E-state index >= 15 is 0 Å². The minimum atomic E-state index is -0.484.